The summed E-state index contributed by atoms with van der Waals surface area (Å²) >= 11 is 0. The summed E-state index contributed by atoms with van der Waals surface area (Å²) in [6.07, 6.45) is 6.90. The molecule has 150 valence electrons. The van der Waals surface area contributed by atoms with Crippen LogP contribution in [0, 0.1) is 10.1 Å². The fraction of sp³-hybridized carbons (Fsp3) is 0.455. The first kappa shape index (κ1) is 20.6. The molecule has 5 nitrogen and oxygen atoms in total. The van der Waals surface area contributed by atoms with Crippen molar-refractivity contribution in [1.82, 2.24) is 4.90 Å². The summed E-state index contributed by atoms with van der Waals surface area (Å²) in [5.74, 6) is 0.365. The van der Waals surface area contributed by atoms with Crippen LogP contribution in [-0.2, 0) is 11.8 Å². The van der Waals surface area contributed by atoms with Crippen LogP contribution in [0.1, 0.15) is 43.2 Å². The van der Waals surface area contributed by atoms with E-state index in [9.17, 15) is 15.2 Å². The molecule has 4 rings (SSSR count). The predicted molar refractivity (Wildman–Crippen MR) is 112 cm³/mol. The molecule has 2 atom stereocenters. The van der Waals surface area contributed by atoms with Gasteiger partial charge in [-0.05, 0) is 67.3 Å². The van der Waals surface area contributed by atoms with Crippen molar-refractivity contribution in [2.75, 3.05) is 13.1 Å². The third kappa shape index (κ3) is 4.15. The summed E-state index contributed by atoms with van der Waals surface area (Å²) in [7, 11) is 0. The van der Waals surface area contributed by atoms with Crippen molar-refractivity contribution >= 4 is 18.1 Å². The maximum absolute atomic E-state index is 10.8. The molecular formula is C22H27ClN2O3. The minimum Gasteiger partial charge on any atom is -0.508 e. The molecule has 0 spiro atoms. The molecule has 2 aromatic rings. The van der Waals surface area contributed by atoms with Gasteiger partial charge in [-0.3, -0.25) is 15.0 Å². The normalized spacial score (nSPS) is 24.4. The highest BCUT2D eigenvalue weighted by Gasteiger charge is 2.43. The number of likely N-dealkylation sites (tertiary alicyclic amines) is 1. The zero-order valence-corrected chi connectivity index (χ0v) is 16.7. The molecule has 0 radical (unpaired) electrons. The van der Waals surface area contributed by atoms with Crippen LogP contribution in [0.15, 0.2) is 48.5 Å². The van der Waals surface area contributed by atoms with E-state index in [1.54, 1.807) is 18.2 Å². The fourth-order valence-corrected chi connectivity index (χ4v) is 5.00. The molecule has 1 aliphatic carbocycles. The van der Waals surface area contributed by atoms with Gasteiger partial charge >= 0.3 is 0 Å². The molecule has 2 bridgehead atoms. The van der Waals surface area contributed by atoms with Crippen LogP contribution in [0.5, 0.6) is 5.75 Å². The van der Waals surface area contributed by atoms with E-state index in [4.69, 9.17) is 0 Å². The number of non-ortho nitro benzene ring substituents is 1. The Labute approximate surface area is 171 Å². The van der Waals surface area contributed by atoms with Crippen LogP contribution in [-0.4, -0.2) is 34.1 Å². The maximum Gasteiger partial charge on any atom is 0.269 e. The quantitative estimate of drug-likeness (QED) is 0.573. The third-order valence-corrected chi connectivity index (χ3v) is 6.51. The minimum atomic E-state index is -0.350. The molecule has 2 aromatic carbocycles. The summed E-state index contributed by atoms with van der Waals surface area (Å²) < 4.78 is 0. The van der Waals surface area contributed by atoms with E-state index < -0.39 is 0 Å². The number of halogens is 1. The summed E-state index contributed by atoms with van der Waals surface area (Å²) in [5.41, 5.74) is 2.81. The van der Waals surface area contributed by atoms with Crippen LogP contribution in [0.25, 0.3) is 0 Å². The van der Waals surface area contributed by atoms with Gasteiger partial charge in [-0.15, -0.1) is 12.4 Å². The maximum atomic E-state index is 10.8. The Kier molecular flexibility index (Phi) is 6.26. The van der Waals surface area contributed by atoms with Crippen molar-refractivity contribution in [3.63, 3.8) is 0 Å². The second-order valence-corrected chi connectivity index (χ2v) is 8.04. The fourth-order valence-electron chi connectivity index (χ4n) is 5.00. The van der Waals surface area contributed by atoms with E-state index in [1.165, 1.54) is 24.8 Å². The van der Waals surface area contributed by atoms with E-state index in [1.807, 2.05) is 24.3 Å². The predicted octanol–water partition coefficient (Wildman–Crippen LogP) is 4.85. The minimum absolute atomic E-state index is 0. The molecule has 1 saturated heterocycles. The number of nitro groups is 1. The van der Waals surface area contributed by atoms with Crippen molar-refractivity contribution in [3.05, 3.63) is 69.8 Å². The highest BCUT2D eigenvalue weighted by atomic mass is 35.5. The van der Waals surface area contributed by atoms with E-state index in [0.717, 1.165) is 37.9 Å². The topological polar surface area (TPSA) is 66.6 Å². The summed E-state index contributed by atoms with van der Waals surface area (Å²) in [6.45, 7) is 2.08. The number of hydrogen-bond donors (Lipinski definition) is 1. The van der Waals surface area contributed by atoms with Gasteiger partial charge in [-0.1, -0.05) is 30.7 Å². The summed E-state index contributed by atoms with van der Waals surface area (Å²) in [6, 6.07) is 15.4. The van der Waals surface area contributed by atoms with Gasteiger partial charge in [0.25, 0.3) is 5.69 Å². The first-order chi connectivity index (χ1) is 13.1. The lowest BCUT2D eigenvalue weighted by Gasteiger charge is -2.51. The van der Waals surface area contributed by atoms with Crippen LogP contribution in [0.4, 0.5) is 5.69 Å². The number of nitro benzene ring substituents is 1. The average Bonchev–Trinajstić information content (AvgIpc) is 2.68. The van der Waals surface area contributed by atoms with Crippen molar-refractivity contribution in [3.8, 4) is 5.75 Å². The number of phenolic OH excluding ortho intramolecular Hbond substituents is 1. The van der Waals surface area contributed by atoms with Crippen molar-refractivity contribution < 1.29 is 10.0 Å². The van der Waals surface area contributed by atoms with E-state index >= 15 is 0 Å². The van der Waals surface area contributed by atoms with Crippen molar-refractivity contribution in [2.45, 2.75) is 50.0 Å². The second kappa shape index (κ2) is 8.50. The lowest BCUT2D eigenvalue weighted by atomic mass is 9.63. The summed E-state index contributed by atoms with van der Waals surface area (Å²) in [5, 5.41) is 20.7. The Balaban J connectivity index is 0.00000225. The van der Waals surface area contributed by atoms with Gasteiger partial charge in [0.05, 0.1) is 4.92 Å². The molecule has 2 aliphatic rings. The number of benzene rings is 2. The van der Waals surface area contributed by atoms with Gasteiger partial charge in [0.15, 0.2) is 0 Å². The molecule has 2 fully saturated rings. The Morgan fingerprint density at radius 2 is 1.96 bits per heavy atom. The Bertz CT molecular complexity index is 827. The lowest BCUT2D eigenvalue weighted by Crippen LogP contribution is -2.52. The zero-order chi connectivity index (χ0) is 18.9. The van der Waals surface area contributed by atoms with Crippen LogP contribution in [0.3, 0.4) is 0 Å². The Morgan fingerprint density at radius 1 is 1.18 bits per heavy atom. The Hall–Kier alpha value is -2.11. The molecule has 28 heavy (non-hydrogen) atoms. The third-order valence-electron chi connectivity index (χ3n) is 6.51. The first-order valence-corrected chi connectivity index (χ1v) is 9.83. The molecule has 1 N–H and O–H groups in total. The second-order valence-electron chi connectivity index (χ2n) is 8.04. The Morgan fingerprint density at radius 3 is 2.68 bits per heavy atom. The van der Waals surface area contributed by atoms with Gasteiger partial charge < -0.3 is 5.11 Å². The number of hydrogen-bond acceptors (Lipinski definition) is 4. The van der Waals surface area contributed by atoms with E-state index in [2.05, 4.69) is 11.0 Å². The lowest BCUT2D eigenvalue weighted by molar-refractivity contribution is -0.384. The molecule has 6 heteroatoms. The number of piperidine rings is 1. The highest BCUT2D eigenvalue weighted by Crippen LogP contribution is 2.47. The van der Waals surface area contributed by atoms with Gasteiger partial charge in [-0.25, -0.2) is 0 Å². The number of phenols is 1. The van der Waals surface area contributed by atoms with Crippen molar-refractivity contribution in [1.29, 1.82) is 0 Å². The SMILES string of the molecule is Cl.O=[N+]([O-])c1ccc(CCN2CC[C@@]3(c4cccc(O)c4)CCC[C@@H]2C3)cc1. The van der Waals surface area contributed by atoms with Gasteiger partial charge in [-0.2, -0.15) is 0 Å². The van der Waals surface area contributed by atoms with Gasteiger partial charge in [0.1, 0.15) is 5.75 Å². The van der Waals surface area contributed by atoms with Crippen LogP contribution >= 0.6 is 12.4 Å². The molecule has 0 amide bonds. The molecule has 0 unspecified atom stereocenters. The highest BCUT2D eigenvalue weighted by molar-refractivity contribution is 5.85. The van der Waals surface area contributed by atoms with E-state index in [0.29, 0.717) is 11.8 Å². The molecule has 0 aromatic heterocycles. The number of nitrogens with zero attached hydrogens (tertiary/aromatic N) is 2. The average molecular weight is 403 g/mol. The van der Waals surface area contributed by atoms with Crippen LogP contribution < -0.4 is 0 Å². The van der Waals surface area contributed by atoms with Crippen LogP contribution in [0.2, 0.25) is 0 Å². The number of fused-ring (bicyclic) bond motifs is 2. The van der Waals surface area contributed by atoms with E-state index in [-0.39, 0.29) is 28.4 Å². The molecule has 1 saturated carbocycles. The molecule has 1 aliphatic heterocycles. The number of aromatic hydroxyl groups is 1. The molecular weight excluding hydrogens is 376 g/mol. The first-order valence-electron chi connectivity index (χ1n) is 9.83. The smallest absolute Gasteiger partial charge is 0.269 e. The zero-order valence-electron chi connectivity index (χ0n) is 15.9. The molecule has 1 heterocycles. The van der Waals surface area contributed by atoms with Crippen molar-refractivity contribution in [2.24, 2.45) is 0 Å². The monoisotopic (exact) mass is 402 g/mol. The largest absolute Gasteiger partial charge is 0.508 e. The van der Waals surface area contributed by atoms with Gasteiger partial charge in [0, 0.05) is 24.7 Å². The number of rotatable bonds is 5. The summed E-state index contributed by atoms with van der Waals surface area (Å²) in [4.78, 5) is 13.0. The standard InChI is InChI=1S/C22H26N2O3.ClH/c25-21-5-1-3-18(15-21)22-11-2-4-20(16-22)23(14-12-22)13-10-17-6-8-19(9-7-17)24(26)27;/h1,3,5-9,15,20,25H,2,4,10-14,16H2;1H/t20-,22+;/m1./s1. The van der Waals surface area contributed by atoms with Gasteiger partial charge in [0.2, 0.25) is 0 Å².